The van der Waals surface area contributed by atoms with Crippen LogP contribution < -0.4 is 0 Å². The normalized spacial score (nSPS) is 11.3. The monoisotopic (exact) mass is 361 g/mol. The lowest BCUT2D eigenvalue weighted by Gasteiger charge is -2.05. The Morgan fingerprint density at radius 2 is 0.769 bits per heavy atom. The van der Waals surface area contributed by atoms with Gasteiger partial charge in [-0.25, -0.2) is 0 Å². The van der Waals surface area contributed by atoms with E-state index in [1.807, 2.05) is 0 Å². The number of aromatic amines is 1. The first-order valence-electron chi connectivity index (χ1n) is 12.0. The summed E-state index contributed by atoms with van der Waals surface area (Å²) in [6.45, 7) is 4.58. The second-order valence-electron chi connectivity index (χ2n) is 8.31. The lowest BCUT2D eigenvalue weighted by atomic mass is 10.0. The number of hydrogen-bond acceptors (Lipinski definition) is 0. The van der Waals surface area contributed by atoms with Gasteiger partial charge in [0.2, 0.25) is 0 Å². The molecule has 1 heterocycles. The Morgan fingerprint density at radius 1 is 0.462 bits per heavy atom. The fourth-order valence-electron chi connectivity index (χ4n) is 3.97. The Labute approximate surface area is 164 Å². The highest BCUT2D eigenvalue weighted by molar-refractivity contribution is 5.23. The molecule has 0 aliphatic carbocycles. The van der Waals surface area contributed by atoms with Gasteiger partial charge in [0.05, 0.1) is 0 Å². The average Bonchev–Trinajstić information content (AvgIpc) is 3.09. The Balaban J connectivity index is 1.86. The minimum Gasteiger partial charge on any atom is -0.367 e. The molecule has 1 nitrogen and oxygen atoms in total. The Kier molecular flexibility index (Phi) is 15.9. The van der Waals surface area contributed by atoms with Crippen LogP contribution >= 0.6 is 0 Å². The number of rotatable bonds is 19. The summed E-state index contributed by atoms with van der Waals surface area (Å²) in [6.07, 6.45) is 31.3. The van der Waals surface area contributed by atoms with Crippen LogP contribution in [0.2, 0.25) is 0 Å². The molecule has 1 aromatic rings. The van der Waals surface area contributed by atoms with Gasteiger partial charge in [-0.15, -0.1) is 0 Å². The number of unbranched alkanes of at least 4 members (excludes halogenated alkanes) is 15. The van der Waals surface area contributed by atoms with E-state index in [4.69, 9.17) is 0 Å². The summed E-state index contributed by atoms with van der Waals surface area (Å²) >= 11 is 0. The van der Waals surface area contributed by atoms with Crippen LogP contribution in [0.3, 0.4) is 0 Å². The lowest BCUT2D eigenvalue weighted by Crippen LogP contribution is -1.91. The number of hydrogen-bond donors (Lipinski definition) is 1. The second kappa shape index (κ2) is 17.7. The molecule has 0 fully saturated rings. The third-order valence-corrected chi connectivity index (χ3v) is 5.78. The van der Waals surface area contributed by atoms with Gasteiger partial charge in [-0.1, -0.05) is 110 Å². The van der Waals surface area contributed by atoms with Crippen molar-refractivity contribution >= 4 is 0 Å². The first-order chi connectivity index (χ1) is 12.9. The van der Waals surface area contributed by atoms with Crippen molar-refractivity contribution in [1.29, 1.82) is 0 Å². The van der Waals surface area contributed by atoms with Crippen molar-refractivity contribution < 1.29 is 0 Å². The third kappa shape index (κ3) is 12.6. The van der Waals surface area contributed by atoms with Crippen LogP contribution in [-0.2, 0) is 12.8 Å². The molecule has 0 aliphatic heterocycles. The second-order valence-corrected chi connectivity index (χ2v) is 8.31. The van der Waals surface area contributed by atoms with Gasteiger partial charge in [0.15, 0.2) is 0 Å². The highest BCUT2D eigenvalue weighted by atomic mass is 14.6. The molecule has 1 aromatic heterocycles. The molecular weight excluding hydrogens is 314 g/mol. The molecule has 0 unspecified atom stereocenters. The predicted molar refractivity (Wildman–Crippen MR) is 118 cm³/mol. The average molecular weight is 362 g/mol. The van der Waals surface area contributed by atoms with Crippen LogP contribution in [0.1, 0.15) is 134 Å². The van der Waals surface area contributed by atoms with Crippen molar-refractivity contribution in [2.45, 2.75) is 136 Å². The van der Waals surface area contributed by atoms with Crippen LogP contribution in [0, 0.1) is 0 Å². The summed E-state index contributed by atoms with van der Waals surface area (Å²) in [6, 6.07) is 0. The van der Waals surface area contributed by atoms with Crippen molar-refractivity contribution in [3.05, 3.63) is 23.5 Å². The maximum atomic E-state index is 3.32. The smallest absolute Gasteiger partial charge is 0.00401 e. The first kappa shape index (κ1) is 23.3. The standard InChI is InChI=1S/C25H47N/c1-3-5-7-8-9-10-11-12-13-14-15-16-17-19-21-25-23-26-22-24(25)20-18-6-4-2/h22-23,26H,3-21H2,1-2H3. The molecule has 1 heteroatoms. The molecule has 1 N–H and O–H groups in total. The summed E-state index contributed by atoms with van der Waals surface area (Å²) in [5.41, 5.74) is 3.16. The SMILES string of the molecule is CCCCCCCCCCCCCCCCc1c[nH]cc1CCCCC. The van der Waals surface area contributed by atoms with Crippen molar-refractivity contribution in [3.8, 4) is 0 Å². The Bertz CT molecular complexity index is 393. The Hall–Kier alpha value is -0.720. The highest BCUT2D eigenvalue weighted by Gasteiger charge is 2.03. The lowest BCUT2D eigenvalue weighted by molar-refractivity contribution is 0.535. The van der Waals surface area contributed by atoms with Gasteiger partial charge in [0.25, 0.3) is 0 Å². The fourth-order valence-corrected chi connectivity index (χ4v) is 3.97. The van der Waals surface area contributed by atoms with Crippen LogP contribution in [-0.4, -0.2) is 4.98 Å². The zero-order valence-electron chi connectivity index (χ0n) is 18.1. The van der Waals surface area contributed by atoms with E-state index in [0.717, 1.165) is 0 Å². The maximum absolute atomic E-state index is 3.32. The first-order valence-corrected chi connectivity index (χ1v) is 12.0. The van der Waals surface area contributed by atoms with Crippen molar-refractivity contribution in [2.75, 3.05) is 0 Å². The summed E-state index contributed by atoms with van der Waals surface area (Å²) in [5.74, 6) is 0. The van der Waals surface area contributed by atoms with Gasteiger partial charge >= 0.3 is 0 Å². The summed E-state index contributed by atoms with van der Waals surface area (Å²) in [4.78, 5) is 3.32. The van der Waals surface area contributed by atoms with Gasteiger partial charge in [-0.3, -0.25) is 0 Å². The van der Waals surface area contributed by atoms with E-state index in [-0.39, 0.29) is 0 Å². The van der Waals surface area contributed by atoms with Gasteiger partial charge in [0.1, 0.15) is 0 Å². The predicted octanol–water partition coefficient (Wildman–Crippen LogP) is 8.77. The minimum atomic E-state index is 1.27. The van der Waals surface area contributed by atoms with Crippen LogP contribution in [0.5, 0.6) is 0 Å². The van der Waals surface area contributed by atoms with Gasteiger partial charge in [-0.05, 0) is 36.8 Å². The molecule has 0 saturated carbocycles. The molecule has 0 amide bonds. The molecular formula is C25H47N. The largest absolute Gasteiger partial charge is 0.367 e. The molecule has 0 bridgehead atoms. The van der Waals surface area contributed by atoms with E-state index in [0.29, 0.717) is 0 Å². The van der Waals surface area contributed by atoms with E-state index in [9.17, 15) is 0 Å². The van der Waals surface area contributed by atoms with Gasteiger partial charge in [-0.2, -0.15) is 0 Å². The van der Waals surface area contributed by atoms with Crippen LogP contribution in [0.4, 0.5) is 0 Å². The number of nitrogens with one attached hydrogen (secondary N) is 1. The molecule has 1 rings (SSSR count). The Morgan fingerprint density at radius 3 is 1.19 bits per heavy atom. The quantitative estimate of drug-likeness (QED) is 0.237. The third-order valence-electron chi connectivity index (χ3n) is 5.78. The van der Waals surface area contributed by atoms with Crippen molar-refractivity contribution in [1.82, 2.24) is 4.98 Å². The number of aromatic nitrogens is 1. The summed E-state index contributed by atoms with van der Waals surface area (Å²) < 4.78 is 0. The summed E-state index contributed by atoms with van der Waals surface area (Å²) in [7, 11) is 0. The molecule has 26 heavy (non-hydrogen) atoms. The molecule has 0 spiro atoms. The van der Waals surface area contributed by atoms with Crippen LogP contribution in [0.15, 0.2) is 12.4 Å². The number of aryl methyl sites for hydroxylation is 2. The van der Waals surface area contributed by atoms with Crippen LogP contribution in [0.25, 0.3) is 0 Å². The molecule has 0 saturated heterocycles. The van der Waals surface area contributed by atoms with Crippen molar-refractivity contribution in [2.24, 2.45) is 0 Å². The highest BCUT2D eigenvalue weighted by Crippen LogP contribution is 2.17. The van der Waals surface area contributed by atoms with Gasteiger partial charge < -0.3 is 4.98 Å². The van der Waals surface area contributed by atoms with E-state index >= 15 is 0 Å². The van der Waals surface area contributed by atoms with E-state index in [1.54, 1.807) is 11.1 Å². The minimum absolute atomic E-state index is 1.27. The topological polar surface area (TPSA) is 15.8 Å². The van der Waals surface area contributed by atoms with E-state index in [2.05, 4.69) is 31.2 Å². The fraction of sp³-hybridized carbons (Fsp3) is 0.840. The zero-order chi connectivity index (χ0) is 18.7. The zero-order valence-corrected chi connectivity index (χ0v) is 18.1. The molecule has 0 aliphatic rings. The summed E-state index contributed by atoms with van der Waals surface area (Å²) in [5, 5.41) is 0. The van der Waals surface area contributed by atoms with E-state index < -0.39 is 0 Å². The molecule has 0 aromatic carbocycles. The molecule has 152 valence electrons. The molecule has 0 atom stereocenters. The molecule has 0 radical (unpaired) electrons. The van der Waals surface area contributed by atoms with E-state index in [1.165, 1.54) is 122 Å². The van der Waals surface area contributed by atoms with Gasteiger partial charge in [0, 0.05) is 12.4 Å². The maximum Gasteiger partial charge on any atom is 0.00401 e. The number of H-pyrrole nitrogens is 1. The van der Waals surface area contributed by atoms with Crippen molar-refractivity contribution in [3.63, 3.8) is 0 Å².